The number of nitrogens with one attached hydrogen (secondary N) is 2. The Hall–Kier alpha value is -3.36. The Bertz CT molecular complexity index is 909. The molecular weight excluding hydrogens is 359 g/mol. The van der Waals surface area contributed by atoms with Crippen molar-refractivity contribution < 1.29 is 18.0 Å². The molecule has 0 atom stereocenters. The number of amides is 1. The summed E-state index contributed by atoms with van der Waals surface area (Å²) in [6.07, 6.45) is -1.57. The number of alkyl halides is 3. The zero-order valence-corrected chi connectivity index (χ0v) is 14.1. The van der Waals surface area contributed by atoms with Crippen LogP contribution in [0.3, 0.4) is 0 Å². The summed E-state index contributed by atoms with van der Waals surface area (Å²) < 4.78 is 40.2. The normalized spacial score (nSPS) is 11.2. The molecule has 0 saturated heterocycles. The van der Waals surface area contributed by atoms with Crippen molar-refractivity contribution in [1.82, 2.24) is 20.1 Å². The van der Waals surface area contributed by atoms with E-state index in [1.807, 2.05) is 30.3 Å². The highest BCUT2D eigenvalue weighted by molar-refractivity contribution is 5.92. The van der Waals surface area contributed by atoms with Crippen molar-refractivity contribution in [3.8, 4) is 5.69 Å². The number of carbonyl (C=O) groups is 1. The van der Waals surface area contributed by atoms with Gasteiger partial charge in [-0.3, -0.25) is 4.79 Å². The minimum absolute atomic E-state index is 0.0885. The van der Waals surface area contributed by atoms with E-state index in [1.54, 1.807) is 16.9 Å². The van der Waals surface area contributed by atoms with Crippen LogP contribution < -0.4 is 10.6 Å². The molecule has 9 heteroatoms. The molecule has 0 spiro atoms. The number of anilines is 1. The van der Waals surface area contributed by atoms with Gasteiger partial charge in [-0.2, -0.15) is 18.3 Å². The molecule has 0 radical (unpaired) electrons. The molecule has 0 aliphatic heterocycles. The van der Waals surface area contributed by atoms with E-state index in [1.165, 1.54) is 12.3 Å². The van der Waals surface area contributed by atoms with E-state index in [0.29, 0.717) is 0 Å². The molecule has 3 aromatic rings. The third-order valence-corrected chi connectivity index (χ3v) is 3.66. The Kier molecular flexibility index (Phi) is 5.39. The first kappa shape index (κ1) is 18.4. The van der Waals surface area contributed by atoms with Crippen molar-refractivity contribution in [2.24, 2.45) is 0 Å². The van der Waals surface area contributed by atoms with Crippen LogP contribution >= 0.6 is 0 Å². The minimum Gasteiger partial charge on any atom is -0.368 e. The first-order chi connectivity index (χ1) is 12.9. The number of nitrogens with zero attached hydrogens (tertiary/aromatic N) is 3. The molecule has 3 rings (SSSR count). The van der Waals surface area contributed by atoms with Gasteiger partial charge in [-0.25, -0.2) is 9.67 Å². The van der Waals surface area contributed by atoms with Gasteiger partial charge in [0.25, 0.3) is 5.91 Å². The topological polar surface area (TPSA) is 71.8 Å². The number of hydrogen-bond donors (Lipinski definition) is 2. The van der Waals surface area contributed by atoms with Gasteiger partial charge in [0.05, 0.1) is 11.3 Å². The highest BCUT2D eigenvalue weighted by Gasteiger charge is 2.33. The van der Waals surface area contributed by atoms with Gasteiger partial charge in [0.15, 0.2) is 5.69 Å². The highest BCUT2D eigenvalue weighted by atomic mass is 19.4. The van der Waals surface area contributed by atoms with Gasteiger partial charge in [0.1, 0.15) is 5.82 Å². The maximum Gasteiger partial charge on any atom is 0.419 e. The fraction of sp³-hybridized carbons (Fsp3) is 0.167. The SMILES string of the molecule is O=C(NCCNc1ncccc1C(F)(F)F)c1ccn(-c2ccccc2)n1. The van der Waals surface area contributed by atoms with Crippen LogP contribution in [0.25, 0.3) is 5.69 Å². The second kappa shape index (κ2) is 7.90. The fourth-order valence-electron chi connectivity index (χ4n) is 2.39. The highest BCUT2D eigenvalue weighted by Crippen LogP contribution is 2.33. The third-order valence-electron chi connectivity index (χ3n) is 3.66. The second-order valence-corrected chi connectivity index (χ2v) is 5.56. The first-order valence-corrected chi connectivity index (χ1v) is 8.10. The number of benzene rings is 1. The number of carbonyl (C=O) groups excluding carboxylic acids is 1. The van der Waals surface area contributed by atoms with E-state index in [4.69, 9.17) is 0 Å². The van der Waals surface area contributed by atoms with Crippen LogP contribution in [0.15, 0.2) is 60.9 Å². The number of hydrogen-bond acceptors (Lipinski definition) is 4. The molecule has 0 unspecified atom stereocenters. The Labute approximate surface area is 153 Å². The number of para-hydroxylation sites is 1. The number of halogens is 3. The summed E-state index contributed by atoms with van der Waals surface area (Å²) in [6, 6.07) is 13.0. The number of rotatable bonds is 6. The monoisotopic (exact) mass is 375 g/mol. The minimum atomic E-state index is -4.50. The maximum absolute atomic E-state index is 12.9. The third kappa shape index (κ3) is 4.63. The second-order valence-electron chi connectivity index (χ2n) is 5.56. The Morgan fingerprint density at radius 1 is 1.04 bits per heavy atom. The molecule has 2 aromatic heterocycles. The van der Waals surface area contributed by atoms with Crippen molar-refractivity contribution in [2.75, 3.05) is 18.4 Å². The molecule has 6 nitrogen and oxygen atoms in total. The van der Waals surface area contributed by atoms with Gasteiger partial charge < -0.3 is 10.6 Å². The lowest BCUT2D eigenvalue weighted by molar-refractivity contribution is -0.137. The van der Waals surface area contributed by atoms with Gasteiger partial charge in [0.2, 0.25) is 0 Å². The van der Waals surface area contributed by atoms with E-state index in [-0.39, 0.29) is 24.6 Å². The zero-order chi connectivity index (χ0) is 19.3. The van der Waals surface area contributed by atoms with Crippen LogP contribution in [-0.2, 0) is 6.18 Å². The lowest BCUT2D eigenvalue weighted by Gasteiger charge is -2.13. The quantitative estimate of drug-likeness (QED) is 0.650. The molecule has 0 aliphatic rings. The Morgan fingerprint density at radius 2 is 1.81 bits per heavy atom. The average Bonchev–Trinajstić information content (AvgIpc) is 3.16. The standard InChI is InChI=1S/C18H16F3N5O/c19-18(20,21)14-7-4-9-22-16(14)23-10-11-24-17(27)15-8-12-26(25-15)13-5-2-1-3-6-13/h1-9,12H,10-11H2,(H,22,23)(H,24,27). The predicted octanol–water partition coefficient (Wildman–Crippen LogP) is 3.13. The summed E-state index contributed by atoms with van der Waals surface area (Å²) in [4.78, 5) is 15.8. The number of pyridine rings is 1. The lowest BCUT2D eigenvalue weighted by atomic mass is 10.2. The smallest absolute Gasteiger partial charge is 0.368 e. The predicted molar refractivity (Wildman–Crippen MR) is 93.6 cm³/mol. The van der Waals surface area contributed by atoms with E-state index in [2.05, 4.69) is 20.7 Å². The molecule has 2 N–H and O–H groups in total. The summed E-state index contributed by atoms with van der Waals surface area (Å²) in [7, 11) is 0. The van der Waals surface area contributed by atoms with Crippen LogP contribution in [0.1, 0.15) is 16.1 Å². The van der Waals surface area contributed by atoms with Crippen LogP contribution in [0.2, 0.25) is 0 Å². The largest absolute Gasteiger partial charge is 0.419 e. The van der Waals surface area contributed by atoms with E-state index in [0.717, 1.165) is 11.8 Å². The van der Waals surface area contributed by atoms with Gasteiger partial charge >= 0.3 is 6.18 Å². The summed E-state index contributed by atoms with van der Waals surface area (Å²) in [5.41, 5.74) is 0.179. The Balaban J connectivity index is 1.53. The van der Waals surface area contributed by atoms with E-state index in [9.17, 15) is 18.0 Å². The van der Waals surface area contributed by atoms with Crippen LogP contribution in [0.4, 0.5) is 19.0 Å². The summed E-state index contributed by atoms with van der Waals surface area (Å²) in [5.74, 6) is -0.684. The summed E-state index contributed by atoms with van der Waals surface area (Å²) >= 11 is 0. The van der Waals surface area contributed by atoms with Crippen molar-refractivity contribution in [1.29, 1.82) is 0 Å². The molecule has 2 heterocycles. The van der Waals surface area contributed by atoms with Gasteiger partial charge in [-0.1, -0.05) is 18.2 Å². The summed E-state index contributed by atoms with van der Waals surface area (Å²) in [5, 5.41) is 9.38. The molecule has 140 valence electrons. The Morgan fingerprint density at radius 3 is 2.56 bits per heavy atom. The molecule has 1 aromatic carbocycles. The van der Waals surface area contributed by atoms with Gasteiger partial charge in [0, 0.05) is 25.5 Å². The molecule has 1 amide bonds. The molecule has 0 bridgehead atoms. The zero-order valence-electron chi connectivity index (χ0n) is 14.1. The van der Waals surface area contributed by atoms with E-state index < -0.39 is 17.6 Å². The van der Waals surface area contributed by atoms with Gasteiger partial charge in [-0.15, -0.1) is 0 Å². The van der Waals surface area contributed by atoms with Crippen molar-refractivity contribution in [2.45, 2.75) is 6.18 Å². The van der Waals surface area contributed by atoms with Crippen LogP contribution in [-0.4, -0.2) is 33.8 Å². The maximum atomic E-state index is 12.9. The molecular formula is C18H16F3N5O. The average molecular weight is 375 g/mol. The number of aromatic nitrogens is 3. The lowest BCUT2D eigenvalue weighted by Crippen LogP contribution is -2.29. The fourth-order valence-corrected chi connectivity index (χ4v) is 2.39. The van der Waals surface area contributed by atoms with Gasteiger partial charge in [-0.05, 0) is 30.3 Å². The molecule has 0 aliphatic carbocycles. The molecule has 27 heavy (non-hydrogen) atoms. The van der Waals surface area contributed by atoms with Crippen molar-refractivity contribution >= 4 is 11.7 Å². The first-order valence-electron chi connectivity index (χ1n) is 8.10. The van der Waals surface area contributed by atoms with Crippen LogP contribution in [0.5, 0.6) is 0 Å². The molecule has 0 saturated carbocycles. The van der Waals surface area contributed by atoms with Crippen molar-refractivity contribution in [3.05, 3.63) is 72.2 Å². The van der Waals surface area contributed by atoms with Crippen LogP contribution in [0, 0.1) is 0 Å². The summed E-state index contributed by atoms with van der Waals surface area (Å²) in [6.45, 7) is 0.204. The molecule has 0 fully saturated rings. The van der Waals surface area contributed by atoms with E-state index >= 15 is 0 Å². The van der Waals surface area contributed by atoms with Crippen molar-refractivity contribution in [3.63, 3.8) is 0 Å².